The number of carbonyl (C=O) groups excluding carboxylic acids is 1. The number of carbonyl (C=O) groups is 1. The van der Waals surface area contributed by atoms with Crippen molar-refractivity contribution in [3.63, 3.8) is 0 Å². The van der Waals surface area contributed by atoms with Gasteiger partial charge in [-0.2, -0.15) is 0 Å². The van der Waals surface area contributed by atoms with Crippen LogP contribution in [-0.2, 0) is 6.54 Å². The summed E-state index contributed by atoms with van der Waals surface area (Å²) in [6, 6.07) is 15.9. The first-order valence-electron chi connectivity index (χ1n) is 8.61. The van der Waals surface area contributed by atoms with Crippen molar-refractivity contribution in [1.29, 1.82) is 0 Å². The van der Waals surface area contributed by atoms with Gasteiger partial charge in [-0.1, -0.05) is 30.3 Å². The Hall–Kier alpha value is -3.15. The van der Waals surface area contributed by atoms with Crippen LogP contribution in [0, 0.1) is 0 Å². The van der Waals surface area contributed by atoms with E-state index in [1.807, 2.05) is 62.4 Å². The lowest BCUT2D eigenvalue weighted by Crippen LogP contribution is -2.37. The molecule has 2 aromatic carbocycles. The molecule has 1 heterocycles. The first kappa shape index (κ1) is 17.7. The summed E-state index contributed by atoms with van der Waals surface area (Å²) in [4.78, 5) is 31.6. The van der Waals surface area contributed by atoms with Gasteiger partial charge < -0.3 is 10.2 Å². The second-order valence-electron chi connectivity index (χ2n) is 6.12. The second kappa shape index (κ2) is 7.39. The highest BCUT2D eigenvalue weighted by atomic mass is 16.2. The first-order chi connectivity index (χ1) is 12.5. The van der Waals surface area contributed by atoms with Crippen LogP contribution in [0.15, 0.2) is 59.4 Å². The van der Waals surface area contributed by atoms with Gasteiger partial charge in [-0.15, -0.1) is 0 Å². The number of nitrogens with zero attached hydrogens (tertiary/aromatic N) is 3. The minimum Gasteiger partial charge on any atom is -0.318 e. The third-order valence-electron chi connectivity index (χ3n) is 4.51. The van der Waals surface area contributed by atoms with Crippen molar-refractivity contribution < 1.29 is 4.79 Å². The molecule has 1 unspecified atom stereocenters. The molecule has 26 heavy (non-hydrogen) atoms. The van der Waals surface area contributed by atoms with Gasteiger partial charge in [-0.25, -0.2) is 9.78 Å². The third kappa shape index (κ3) is 3.31. The number of para-hydroxylation sites is 2. The zero-order valence-electron chi connectivity index (χ0n) is 15.1. The summed E-state index contributed by atoms with van der Waals surface area (Å²) in [6.45, 7) is 4.26. The number of rotatable bonds is 4. The summed E-state index contributed by atoms with van der Waals surface area (Å²) >= 11 is 0. The van der Waals surface area contributed by atoms with E-state index in [1.54, 1.807) is 22.6 Å². The number of fused-ring (bicyclic) bond motifs is 1. The maximum Gasteiger partial charge on any atom is 0.322 e. The fourth-order valence-corrected chi connectivity index (χ4v) is 2.89. The topological polar surface area (TPSA) is 67.2 Å². The minimum atomic E-state index is -0.365. The van der Waals surface area contributed by atoms with Gasteiger partial charge in [0, 0.05) is 19.3 Å². The number of hydrogen-bond acceptors (Lipinski definition) is 3. The molecule has 0 aliphatic heterocycles. The molecule has 0 saturated carbocycles. The van der Waals surface area contributed by atoms with Gasteiger partial charge >= 0.3 is 6.03 Å². The molecule has 0 radical (unpaired) electrons. The Bertz CT molecular complexity index is 982. The maximum absolute atomic E-state index is 12.8. The second-order valence-corrected chi connectivity index (χ2v) is 6.12. The largest absolute Gasteiger partial charge is 0.322 e. The summed E-state index contributed by atoms with van der Waals surface area (Å²) < 4.78 is 1.62. The zero-order valence-corrected chi connectivity index (χ0v) is 15.1. The van der Waals surface area contributed by atoms with Gasteiger partial charge in [0.05, 0.1) is 16.9 Å². The Labute approximate surface area is 152 Å². The monoisotopic (exact) mass is 350 g/mol. The van der Waals surface area contributed by atoms with E-state index >= 15 is 0 Å². The Kier molecular flexibility index (Phi) is 5.02. The number of anilines is 1. The summed E-state index contributed by atoms with van der Waals surface area (Å²) in [5, 5.41) is 3.44. The van der Waals surface area contributed by atoms with Crippen LogP contribution < -0.4 is 10.9 Å². The van der Waals surface area contributed by atoms with Crippen molar-refractivity contribution in [3.05, 3.63) is 70.8 Å². The standard InChI is InChI=1S/C20H22N4O2/c1-4-24-18(22-17-13-9-8-12-16(17)19(24)25)14(2)23(3)20(26)21-15-10-6-5-7-11-15/h5-14H,4H2,1-3H3,(H,21,26). The van der Waals surface area contributed by atoms with Crippen LogP contribution >= 0.6 is 0 Å². The van der Waals surface area contributed by atoms with Crippen molar-refractivity contribution in [3.8, 4) is 0 Å². The molecule has 0 bridgehead atoms. The average Bonchev–Trinajstić information content (AvgIpc) is 2.67. The lowest BCUT2D eigenvalue weighted by atomic mass is 10.2. The van der Waals surface area contributed by atoms with E-state index in [-0.39, 0.29) is 17.6 Å². The third-order valence-corrected chi connectivity index (χ3v) is 4.51. The van der Waals surface area contributed by atoms with Crippen LogP contribution in [-0.4, -0.2) is 27.5 Å². The summed E-state index contributed by atoms with van der Waals surface area (Å²) in [5.74, 6) is 0.571. The summed E-state index contributed by atoms with van der Waals surface area (Å²) in [7, 11) is 1.70. The highest BCUT2D eigenvalue weighted by Gasteiger charge is 2.23. The maximum atomic E-state index is 12.8. The average molecular weight is 350 g/mol. The molecule has 0 aliphatic carbocycles. The summed E-state index contributed by atoms with van der Waals surface area (Å²) in [6.07, 6.45) is 0. The first-order valence-corrected chi connectivity index (χ1v) is 8.61. The van der Waals surface area contributed by atoms with Gasteiger partial charge in [-0.3, -0.25) is 9.36 Å². The molecular weight excluding hydrogens is 328 g/mol. The number of urea groups is 1. The molecule has 2 amide bonds. The molecule has 3 aromatic rings. The van der Waals surface area contributed by atoms with Crippen LogP contribution in [0.4, 0.5) is 10.5 Å². The van der Waals surface area contributed by atoms with Crippen molar-refractivity contribution in [2.75, 3.05) is 12.4 Å². The van der Waals surface area contributed by atoms with Gasteiger partial charge in [0.15, 0.2) is 0 Å². The SMILES string of the molecule is CCn1c(C(C)N(C)C(=O)Nc2ccccc2)nc2ccccc2c1=O. The molecule has 134 valence electrons. The van der Waals surface area contributed by atoms with Gasteiger partial charge in [0.1, 0.15) is 5.82 Å². The van der Waals surface area contributed by atoms with Crippen LogP contribution in [0.5, 0.6) is 0 Å². The van der Waals surface area contributed by atoms with E-state index in [1.165, 1.54) is 0 Å². The highest BCUT2D eigenvalue weighted by molar-refractivity contribution is 5.89. The molecule has 1 N–H and O–H groups in total. The Balaban J connectivity index is 1.94. The molecule has 0 fully saturated rings. The Morgan fingerprint density at radius 1 is 1.15 bits per heavy atom. The number of hydrogen-bond donors (Lipinski definition) is 1. The molecule has 0 spiro atoms. The summed E-state index contributed by atoms with van der Waals surface area (Å²) in [5.41, 5.74) is 1.27. The number of benzene rings is 2. The van der Waals surface area contributed by atoms with E-state index in [0.717, 1.165) is 5.69 Å². The van der Waals surface area contributed by atoms with Gasteiger partial charge in [-0.05, 0) is 38.1 Å². The van der Waals surface area contributed by atoms with Crippen molar-refractivity contribution in [2.24, 2.45) is 0 Å². The van der Waals surface area contributed by atoms with Crippen molar-refractivity contribution in [1.82, 2.24) is 14.5 Å². The molecule has 1 aromatic heterocycles. The van der Waals surface area contributed by atoms with Crippen molar-refractivity contribution >= 4 is 22.6 Å². The van der Waals surface area contributed by atoms with Gasteiger partial charge in [0.2, 0.25) is 0 Å². The van der Waals surface area contributed by atoms with E-state index in [4.69, 9.17) is 0 Å². The number of aromatic nitrogens is 2. The number of amides is 2. The predicted molar refractivity (Wildman–Crippen MR) is 103 cm³/mol. The van der Waals surface area contributed by atoms with Crippen molar-refractivity contribution in [2.45, 2.75) is 26.4 Å². The number of nitrogens with one attached hydrogen (secondary N) is 1. The van der Waals surface area contributed by atoms with Crippen LogP contribution in [0.25, 0.3) is 10.9 Å². The van der Waals surface area contributed by atoms with E-state index in [0.29, 0.717) is 23.3 Å². The lowest BCUT2D eigenvalue weighted by Gasteiger charge is -2.27. The van der Waals surface area contributed by atoms with E-state index in [2.05, 4.69) is 10.3 Å². The van der Waals surface area contributed by atoms with E-state index in [9.17, 15) is 9.59 Å². The fraction of sp³-hybridized carbons (Fsp3) is 0.250. The molecular formula is C20H22N4O2. The fourth-order valence-electron chi connectivity index (χ4n) is 2.89. The molecule has 6 heteroatoms. The molecule has 0 saturated heterocycles. The zero-order chi connectivity index (χ0) is 18.7. The van der Waals surface area contributed by atoms with Crippen LogP contribution in [0.1, 0.15) is 25.7 Å². The minimum absolute atomic E-state index is 0.0863. The van der Waals surface area contributed by atoms with E-state index < -0.39 is 0 Å². The molecule has 1 atom stereocenters. The van der Waals surface area contributed by atoms with Crippen LogP contribution in [0.2, 0.25) is 0 Å². The highest BCUT2D eigenvalue weighted by Crippen LogP contribution is 2.19. The Morgan fingerprint density at radius 3 is 2.50 bits per heavy atom. The predicted octanol–water partition coefficient (Wildman–Crippen LogP) is 3.64. The van der Waals surface area contributed by atoms with Crippen LogP contribution in [0.3, 0.4) is 0 Å². The molecule has 6 nitrogen and oxygen atoms in total. The normalized spacial score (nSPS) is 12.0. The smallest absolute Gasteiger partial charge is 0.318 e. The van der Waals surface area contributed by atoms with Gasteiger partial charge in [0.25, 0.3) is 5.56 Å². The quantitative estimate of drug-likeness (QED) is 0.781. The lowest BCUT2D eigenvalue weighted by molar-refractivity contribution is 0.204. The molecule has 3 rings (SSSR count). The molecule has 0 aliphatic rings. The Morgan fingerprint density at radius 2 is 1.81 bits per heavy atom.